The van der Waals surface area contributed by atoms with E-state index in [9.17, 15) is 8.42 Å². The predicted molar refractivity (Wildman–Crippen MR) is 78.0 cm³/mol. The van der Waals surface area contributed by atoms with Gasteiger partial charge in [0, 0.05) is 19.0 Å². The maximum absolute atomic E-state index is 11.9. The molecule has 1 unspecified atom stereocenters. The van der Waals surface area contributed by atoms with Crippen LogP contribution in [-0.2, 0) is 16.3 Å². The molecule has 1 aromatic heterocycles. The Hall–Kier alpha value is -0.810. The van der Waals surface area contributed by atoms with Gasteiger partial charge in [0.05, 0.1) is 16.8 Å². The molecule has 1 rings (SSSR count). The summed E-state index contributed by atoms with van der Waals surface area (Å²) in [6.45, 7) is 7.78. The van der Waals surface area contributed by atoms with Gasteiger partial charge < -0.3 is 9.73 Å². The van der Waals surface area contributed by atoms with Crippen molar-refractivity contribution < 1.29 is 12.8 Å². The normalized spacial score (nSPS) is 14.5. The third kappa shape index (κ3) is 5.37. The monoisotopic (exact) mass is 287 g/mol. The van der Waals surface area contributed by atoms with E-state index in [0.29, 0.717) is 6.54 Å². The van der Waals surface area contributed by atoms with Gasteiger partial charge in [0.1, 0.15) is 5.76 Å². The zero-order valence-electron chi connectivity index (χ0n) is 12.3. The number of nitrogens with one attached hydrogen (secondary N) is 1. The van der Waals surface area contributed by atoms with Crippen molar-refractivity contribution in [1.29, 1.82) is 0 Å². The molecule has 1 aromatic rings. The minimum atomic E-state index is -3.03. The first kappa shape index (κ1) is 16.2. The smallest absolute Gasteiger partial charge is 0.156 e. The molecular formula is C14H25NO3S. The predicted octanol–water partition coefficient (Wildman–Crippen LogP) is 2.40. The summed E-state index contributed by atoms with van der Waals surface area (Å²) in [6, 6.07) is 4.11. The zero-order valence-corrected chi connectivity index (χ0v) is 13.1. The van der Waals surface area contributed by atoms with Crippen LogP contribution in [0.1, 0.15) is 39.9 Å². The number of aryl methyl sites for hydroxylation is 1. The van der Waals surface area contributed by atoms with E-state index in [1.54, 1.807) is 27.0 Å². The van der Waals surface area contributed by atoms with Gasteiger partial charge in [0.2, 0.25) is 0 Å². The van der Waals surface area contributed by atoms with Crippen molar-refractivity contribution in [3.05, 3.63) is 24.2 Å². The van der Waals surface area contributed by atoms with Gasteiger partial charge in [-0.3, -0.25) is 0 Å². The lowest BCUT2D eigenvalue weighted by Gasteiger charge is -2.20. The van der Waals surface area contributed by atoms with Crippen LogP contribution in [0.4, 0.5) is 0 Å². The number of hydrogen-bond acceptors (Lipinski definition) is 4. The molecule has 0 aliphatic heterocycles. The minimum Gasteiger partial charge on any atom is -0.469 e. The van der Waals surface area contributed by atoms with Gasteiger partial charge in [0.25, 0.3) is 0 Å². The highest BCUT2D eigenvalue weighted by atomic mass is 32.2. The molecule has 4 nitrogen and oxygen atoms in total. The van der Waals surface area contributed by atoms with Gasteiger partial charge in [-0.1, -0.05) is 0 Å². The molecule has 0 fully saturated rings. The quantitative estimate of drug-likeness (QED) is 0.836. The summed E-state index contributed by atoms with van der Waals surface area (Å²) in [5, 5.41) is 3.25. The van der Waals surface area contributed by atoms with Crippen molar-refractivity contribution in [3.63, 3.8) is 0 Å². The summed E-state index contributed by atoms with van der Waals surface area (Å²) < 4.78 is 28.4. The molecule has 0 saturated heterocycles. The first-order valence-electron chi connectivity index (χ1n) is 6.70. The van der Waals surface area contributed by atoms with Crippen molar-refractivity contribution >= 4 is 9.84 Å². The number of furan rings is 1. The van der Waals surface area contributed by atoms with E-state index >= 15 is 0 Å². The van der Waals surface area contributed by atoms with E-state index in [1.165, 1.54) is 0 Å². The zero-order chi connectivity index (χ0) is 14.5. The van der Waals surface area contributed by atoms with Crippen LogP contribution >= 0.6 is 0 Å². The molecule has 1 N–H and O–H groups in total. The van der Waals surface area contributed by atoms with Crippen LogP contribution in [0.3, 0.4) is 0 Å². The van der Waals surface area contributed by atoms with Crippen LogP contribution in [-0.4, -0.2) is 31.5 Å². The Morgan fingerprint density at radius 3 is 2.58 bits per heavy atom. The van der Waals surface area contributed by atoms with Crippen LogP contribution in [0.2, 0.25) is 0 Å². The molecule has 110 valence electrons. The first-order valence-corrected chi connectivity index (χ1v) is 8.35. The van der Waals surface area contributed by atoms with Crippen molar-refractivity contribution in [1.82, 2.24) is 5.32 Å². The highest BCUT2D eigenvalue weighted by Crippen LogP contribution is 2.15. The summed E-state index contributed by atoms with van der Waals surface area (Å²) in [7, 11) is -3.03. The van der Waals surface area contributed by atoms with Crippen LogP contribution < -0.4 is 5.32 Å². The van der Waals surface area contributed by atoms with Crippen molar-refractivity contribution in [3.8, 4) is 0 Å². The molecule has 0 radical (unpaired) electrons. The molecule has 1 atom stereocenters. The van der Waals surface area contributed by atoms with Crippen LogP contribution in [0.5, 0.6) is 0 Å². The van der Waals surface area contributed by atoms with Crippen molar-refractivity contribution in [2.75, 3.05) is 12.3 Å². The second kappa shape index (κ2) is 6.57. The van der Waals surface area contributed by atoms with Crippen LogP contribution in [0.25, 0.3) is 0 Å². The second-order valence-corrected chi connectivity index (χ2v) is 8.77. The van der Waals surface area contributed by atoms with E-state index in [4.69, 9.17) is 4.42 Å². The van der Waals surface area contributed by atoms with E-state index in [1.807, 2.05) is 12.1 Å². The summed E-state index contributed by atoms with van der Waals surface area (Å²) >= 11 is 0. The first-order chi connectivity index (χ1) is 8.72. The van der Waals surface area contributed by atoms with Gasteiger partial charge in [-0.2, -0.15) is 0 Å². The molecule has 19 heavy (non-hydrogen) atoms. The number of hydrogen-bond donors (Lipinski definition) is 1. The lowest BCUT2D eigenvalue weighted by molar-refractivity contribution is 0.464. The Morgan fingerprint density at radius 2 is 2.05 bits per heavy atom. The summed E-state index contributed by atoms with van der Waals surface area (Å²) in [6.07, 6.45) is 3.47. The van der Waals surface area contributed by atoms with Gasteiger partial charge in [-0.15, -0.1) is 0 Å². The molecule has 0 saturated carbocycles. The fourth-order valence-electron chi connectivity index (χ4n) is 1.66. The third-order valence-electron chi connectivity index (χ3n) is 3.20. The Kier molecular flexibility index (Phi) is 5.62. The lowest BCUT2D eigenvalue weighted by atomic mass is 10.1. The largest absolute Gasteiger partial charge is 0.469 e. The molecule has 1 heterocycles. The lowest BCUT2D eigenvalue weighted by Crippen LogP contribution is -2.37. The Morgan fingerprint density at radius 1 is 1.37 bits per heavy atom. The van der Waals surface area contributed by atoms with Gasteiger partial charge >= 0.3 is 0 Å². The molecule has 0 aromatic carbocycles. The van der Waals surface area contributed by atoms with E-state index < -0.39 is 14.6 Å². The highest BCUT2D eigenvalue weighted by Gasteiger charge is 2.28. The van der Waals surface area contributed by atoms with Gasteiger partial charge in [-0.05, 0) is 46.2 Å². The van der Waals surface area contributed by atoms with E-state index in [2.05, 4.69) is 12.2 Å². The Labute approximate surface area is 116 Å². The minimum absolute atomic E-state index is 0.182. The maximum Gasteiger partial charge on any atom is 0.156 e. The Bertz CT molecular complexity index is 457. The van der Waals surface area contributed by atoms with Gasteiger partial charge in [-0.25, -0.2) is 8.42 Å². The topological polar surface area (TPSA) is 59.3 Å². The van der Waals surface area contributed by atoms with Crippen molar-refractivity contribution in [2.24, 2.45) is 0 Å². The molecule has 0 amide bonds. The molecule has 0 aliphatic carbocycles. The van der Waals surface area contributed by atoms with Gasteiger partial charge in [0.15, 0.2) is 9.84 Å². The molecule has 0 aliphatic rings. The fourth-order valence-corrected chi connectivity index (χ4v) is 2.66. The average molecular weight is 287 g/mol. The van der Waals surface area contributed by atoms with Crippen LogP contribution in [0.15, 0.2) is 22.8 Å². The highest BCUT2D eigenvalue weighted by molar-refractivity contribution is 7.92. The molecule has 0 spiro atoms. The molecule has 5 heteroatoms. The summed E-state index contributed by atoms with van der Waals surface area (Å²) in [5.41, 5.74) is 0. The second-order valence-electron chi connectivity index (χ2n) is 5.90. The van der Waals surface area contributed by atoms with E-state index in [-0.39, 0.29) is 11.8 Å². The van der Waals surface area contributed by atoms with Crippen LogP contribution in [0, 0.1) is 0 Å². The standard InChI is InChI=1S/C14H25NO3S/c1-12(7-8-13-6-5-10-18-13)15-9-11-19(16,17)14(2,3)4/h5-6,10,12,15H,7-9,11H2,1-4H3. The molecule has 0 bridgehead atoms. The number of sulfone groups is 1. The third-order valence-corrected chi connectivity index (χ3v) is 5.81. The van der Waals surface area contributed by atoms with E-state index in [0.717, 1.165) is 18.6 Å². The summed E-state index contributed by atoms with van der Waals surface area (Å²) in [4.78, 5) is 0. The fraction of sp³-hybridized carbons (Fsp3) is 0.714. The average Bonchev–Trinajstić information content (AvgIpc) is 2.77. The molecular weight excluding hydrogens is 262 g/mol. The van der Waals surface area contributed by atoms with Crippen molar-refractivity contribution in [2.45, 2.75) is 51.3 Å². The SMILES string of the molecule is CC(CCc1ccco1)NCCS(=O)(=O)C(C)(C)C. The maximum atomic E-state index is 11.9. The Balaban J connectivity index is 2.26. The summed E-state index contributed by atoms with van der Waals surface area (Å²) in [5.74, 6) is 1.15. The number of rotatable bonds is 7.